The fraction of sp³-hybridized carbons (Fsp3) is 0. The number of oxazole rings is 1. The average Bonchev–Trinajstić information content (AvgIpc) is 3.84. The minimum atomic E-state index is 0.591. The molecule has 0 saturated heterocycles. The molecule has 11 aromatic rings. The Hall–Kier alpha value is -7.04. The molecule has 52 heavy (non-hydrogen) atoms. The first-order valence-electron chi connectivity index (χ1n) is 17.5. The molecular formula is C48H28N2O2. The van der Waals surface area contributed by atoms with Crippen LogP contribution < -0.4 is 0 Å². The minimum absolute atomic E-state index is 0.591. The highest BCUT2D eigenvalue weighted by molar-refractivity contribution is 6.26. The lowest BCUT2D eigenvalue weighted by Crippen LogP contribution is -1.89. The summed E-state index contributed by atoms with van der Waals surface area (Å²) in [5.74, 6) is 1.38. The van der Waals surface area contributed by atoms with Crippen LogP contribution in [0.5, 0.6) is 0 Å². The normalized spacial score (nSPS) is 11.8. The quantitative estimate of drug-likeness (QED) is 0.176. The van der Waals surface area contributed by atoms with Gasteiger partial charge in [-0.1, -0.05) is 133 Å². The highest BCUT2D eigenvalue weighted by Gasteiger charge is 2.25. The Morgan fingerprint density at radius 3 is 1.63 bits per heavy atom. The second-order valence-corrected chi connectivity index (χ2v) is 13.3. The van der Waals surface area contributed by atoms with Crippen molar-refractivity contribution >= 4 is 65.3 Å². The third-order valence-corrected chi connectivity index (χ3v) is 10.3. The van der Waals surface area contributed by atoms with E-state index in [0.29, 0.717) is 5.89 Å². The summed E-state index contributed by atoms with van der Waals surface area (Å²) in [6.07, 6.45) is 0. The highest BCUT2D eigenvalue weighted by Crippen LogP contribution is 2.48. The van der Waals surface area contributed by atoms with Gasteiger partial charge >= 0.3 is 0 Å². The first-order chi connectivity index (χ1) is 25.8. The average molecular weight is 665 g/mol. The fourth-order valence-corrected chi connectivity index (χ4v) is 7.90. The molecule has 4 nitrogen and oxygen atoms in total. The third-order valence-electron chi connectivity index (χ3n) is 10.3. The van der Waals surface area contributed by atoms with Crippen molar-refractivity contribution in [3.63, 3.8) is 0 Å². The number of rotatable bonds is 4. The van der Waals surface area contributed by atoms with E-state index in [1.54, 1.807) is 0 Å². The smallest absolute Gasteiger partial charge is 0.227 e. The number of fused-ring (bicyclic) bond motifs is 10. The Morgan fingerprint density at radius 2 is 0.923 bits per heavy atom. The number of nitrogens with zero attached hydrogens (tertiary/aromatic N) is 2. The summed E-state index contributed by atoms with van der Waals surface area (Å²) in [7, 11) is 0. The summed E-state index contributed by atoms with van der Waals surface area (Å²) in [6.45, 7) is 0. The van der Waals surface area contributed by atoms with Crippen LogP contribution in [0.4, 0.5) is 0 Å². The molecule has 0 spiro atoms. The molecule has 4 heteroatoms. The highest BCUT2D eigenvalue weighted by atomic mass is 16.3. The molecule has 0 fully saturated rings. The van der Waals surface area contributed by atoms with E-state index in [1.165, 1.54) is 32.3 Å². The van der Waals surface area contributed by atoms with Crippen LogP contribution in [0, 0.1) is 0 Å². The third kappa shape index (κ3) is 4.34. The van der Waals surface area contributed by atoms with Crippen LogP contribution in [0.15, 0.2) is 179 Å². The van der Waals surface area contributed by atoms with Gasteiger partial charge in [-0.25, -0.2) is 9.97 Å². The molecule has 0 unspecified atom stereocenters. The number of furan rings is 1. The van der Waals surface area contributed by atoms with Gasteiger partial charge in [0.05, 0.1) is 5.52 Å². The zero-order chi connectivity index (χ0) is 34.2. The standard InChI is InChI=1S/C48H28N2O2/c1-2-12-29(13-3-1)45-47-44(38-18-8-9-19-40(38)49-45)43(46(52-47)30-22-24-31(25-23-30)48-50-41-20-10-11-21-42(41)51-48)32-26-27-37-35-16-5-4-14-33(35)34-15-6-7-17-36(34)39(37)28-32/h1-28H. The molecule has 3 aromatic heterocycles. The van der Waals surface area contributed by atoms with E-state index in [0.717, 1.165) is 72.2 Å². The predicted molar refractivity (Wildman–Crippen MR) is 213 cm³/mol. The lowest BCUT2D eigenvalue weighted by molar-refractivity contribution is 0.619. The number of hydrogen-bond acceptors (Lipinski definition) is 4. The van der Waals surface area contributed by atoms with Crippen molar-refractivity contribution < 1.29 is 8.83 Å². The molecule has 0 atom stereocenters. The maximum atomic E-state index is 7.10. The van der Waals surface area contributed by atoms with E-state index in [2.05, 4.69) is 127 Å². The summed E-state index contributed by atoms with van der Waals surface area (Å²) in [4.78, 5) is 9.94. The van der Waals surface area contributed by atoms with Gasteiger partial charge in [0, 0.05) is 33.0 Å². The molecule has 242 valence electrons. The van der Waals surface area contributed by atoms with Crippen LogP contribution in [0.2, 0.25) is 0 Å². The molecule has 0 radical (unpaired) electrons. The van der Waals surface area contributed by atoms with Crippen molar-refractivity contribution in [1.29, 1.82) is 0 Å². The number of benzene rings is 8. The zero-order valence-electron chi connectivity index (χ0n) is 27.9. The lowest BCUT2D eigenvalue weighted by Gasteiger charge is -2.13. The van der Waals surface area contributed by atoms with E-state index in [1.807, 2.05) is 42.5 Å². The van der Waals surface area contributed by atoms with Gasteiger partial charge in [-0.3, -0.25) is 0 Å². The number of pyridine rings is 1. The second kappa shape index (κ2) is 11.2. The first kappa shape index (κ1) is 28.8. The van der Waals surface area contributed by atoms with Crippen LogP contribution >= 0.6 is 0 Å². The van der Waals surface area contributed by atoms with Crippen LogP contribution in [0.1, 0.15) is 0 Å². The van der Waals surface area contributed by atoms with Crippen molar-refractivity contribution in [2.75, 3.05) is 0 Å². The van der Waals surface area contributed by atoms with Crippen molar-refractivity contribution in [2.24, 2.45) is 0 Å². The van der Waals surface area contributed by atoms with Gasteiger partial charge < -0.3 is 8.83 Å². The maximum absolute atomic E-state index is 7.10. The largest absolute Gasteiger partial charge is 0.453 e. The first-order valence-corrected chi connectivity index (χ1v) is 17.5. The molecule has 0 aliphatic rings. The Labute approximate surface area is 298 Å². The monoisotopic (exact) mass is 664 g/mol. The van der Waals surface area contributed by atoms with Crippen LogP contribution in [-0.4, -0.2) is 9.97 Å². The predicted octanol–water partition coefficient (Wildman–Crippen LogP) is 13.2. The van der Waals surface area contributed by atoms with Crippen LogP contribution in [0.25, 0.3) is 110 Å². The summed E-state index contributed by atoms with van der Waals surface area (Å²) in [5, 5.41) is 9.52. The van der Waals surface area contributed by atoms with Gasteiger partial charge in [-0.2, -0.15) is 0 Å². The van der Waals surface area contributed by atoms with Crippen LogP contribution in [0.3, 0.4) is 0 Å². The van der Waals surface area contributed by atoms with E-state index >= 15 is 0 Å². The Bertz CT molecular complexity index is 3110. The van der Waals surface area contributed by atoms with Crippen LogP contribution in [-0.2, 0) is 0 Å². The van der Waals surface area contributed by atoms with E-state index in [4.69, 9.17) is 18.8 Å². The molecule has 0 saturated carbocycles. The number of hydrogen-bond donors (Lipinski definition) is 0. The number of aromatic nitrogens is 2. The molecule has 11 rings (SSSR count). The van der Waals surface area contributed by atoms with E-state index in [9.17, 15) is 0 Å². The van der Waals surface area contributed by atoms with Gasteiger partial charge in [0.1, 0.15) is 17.0 Å². The Balaban J connectivity index is 1.22. The Morgan fingerprint density at radius 1 is 0.365 bits per heavy atom. The molecule has 3 heterocycles. The summed E-state index contributed by atoms with van der Waals surface area (Å²) in [5.41, 5.74) is 9.11. The topological polar surface area (TPSA) is 52.1 Å². The fourth-order valence-electron chi connectivity index (χ4n) is 7.90. The second-order valence-electron chi connectivity index (χ2n) is 13.3. The summed E-state index contributed by atoms with van der Waals surface area (Å²) in [6, 6.07) is 59.2. The van der Waals surface area contributed by atoms with Crippen molar-refractivity contribution in [1.82, 2.24) is 9.97 Å². The van der Waals surface area contributed by atoms with Crippen molar-refractivity contribution in [3.05, 3.63) is 170 Å². The van der Waals surface area contributed by atoms with Gasteiger partial charge in [-0.15, -0.1) is 0 Å². The van der Waals surface area contributed by atoms with Gasteiger partial charge in [0.2, 0.25) is 5.89 Å². The van der Waals surface area contributed by atoms with Gasteiger partial charge in [0.25, 0.3) is 0 Å². The van der Waals surface area contributed by atoms with Gasteiger partial charge in [-0.05, 0) is 74.3 Å². The van der Waals surface area contributed by atoms with E-state index in [-0.39, 0.29) is 0 Å². The van der Waals surface area contributed by atoms with Gasteiger partial charge in [0.15, 0.2) is 11.2 Å². The maximum Gasteiger partial charge on any atom is 0.227 e. The minimum Gasteiger partial charge on any atom is -0.453 e. The summed E-state index contributed by atoms with van der Waals surface area (Å²) < 4.78 is 13.2. The lowest BCUT2D eigenvalue weighted by atomic mass is 9.90. The molecule has 0 aliphatic heterocycles. The molecule has 0 bridgehead atoms. The number of para-hydroxylation sites is 3. The molecule has 0 aliphatic carbocycles. The molecular weight excluding hydrogens is 637 g/mol. The van der Waals surface area contributed by atoms with Crippen molar-refractivity contribution in [3.8, 4) is 45.2 Å². The van der Waals surface area contributed by atoms with E-state index < -0.39 is 0 Å². The van der Waals surface area contributed by atoms with Crippen molar-refractivity contribution in [2.45, 2.75) is 0 Å². The molecule has 8 aromatic carbocycles. The SMILES string of the molecule is c1ccc(-c2nc3ccccc3c3c(-c4ccc5c6ccccc6c6ccccc6c5c4)c(-c4ccc(-c5nc6ccccc6o5)cc4)oc23)cc1. The summed E-state index contributed by atoms with van der Waals surface area (Å²) >= 11 is 0. The Kier molecular flexibility index (Phi) is 6.22. The zero-order valence-corrected chi connectivity index (χ0v) is 27.9. The molecule has 0 amide bonds. The molecule has 0 N–H and O–H groups in total.